The molecule has 6 nitrogen and oxygen atoms in total. The van der Waals surface area contributed by atoms with Gasteiger partial charge in [-0.25, -0.2) is 17.9 Å². The molecule has 1 aliphatic rings. The van der Waals surface area contributed by atoms with Crippen molar-refractivity contribution >= 4 is 33.3 Å². The van der Waals surface area contributed by atoms with E-state index >= 15 is 0 Å². The number of urea groups is 1. The number of carbonyl (C=O) groups is 1. The summed E-state index contributed by atoms with van der Waals surface area (Å²) < 4.78 is 25.0. The van der Waals surface area contributed by atoms with Gasteiger partial charge in [-0.2, -0.15) is 0 Å². The van der Waals surface area contributed by atoms with Crippen molar-refractivity contribution in [2.75, 3.05) is 24.7 Å². The molecule has 1 aromatic rings. The monoisotopic (exact) mass is 345 g/mol. The second-order valence-corrected chi connectivity index (χ2v) is 7.68. The number of likely N-dealkylation sites (tertiary alicyclic amines) is 1. The van der Waals surface area contributed by atoms with Crippen LogP contribution >= 0.6 is 11.6 Å². The van der Waals surface area contributed by atoms with Crippen LogP contribution in [0.25, 0.3) is 0 Å². The zero-order chi connectivity index (χ0) is 16.3. The Morgan fingerprint density at radius 2 is 1.95 bits per heavy atom. The molecule has 0 bridgehead atoms. The summed E-state index contributed by atoms with van der Waals surface area (Å²) in [5.41, 5.74) is 1.51. The lowest BCUT2D eigenvalue weighted by Crippen LogP contribution is -2.47. The van der Waals surface area contributed by atoms with Crippen LogP contribution in [0.3, 0.4) is 0 Å². The Morgan fingerprint density at radius 1 is 1.32 bits per heavy atom. The molecule has 1 aliphatic heterocycles. The average molecular weight is 346 g/mol. The molecule has 8 heteroatoms. The maximum atomic E-state index is 12.3. The van der Waals surface area contributed by atoms with E-state index in [2.05, 4.69) is 10.0 Å². The van der Waals surface area contributed by atoms with Crippen LogP contribution in [0.1, 0.15) is 18.4 Å². The van der Waals surface area contributed by atoms with E-state index in [1.807, 2.05) is 6.92 Å². The number of anilines is 1. The highest BCUT2D eigenvalue weighted by Gasteiger charge is 2.24. The van der Waals surface area contributed by atoms with Crippen LogP contribution in [0.5, 0.6) is 0 Å². The topological polar surface area (TPSA) is 78.5 Å². The Hall–Kier alpha value is -1.31. The van der Waals surface area contributed by atoms with Crippen LogP contribution in [0, 0.1) is 6.92 Å². The van der Waals surface area contributed by atoms with Crippen LogP contribution in [-0.4, -0.2) is 44.7 Å². The van der Waals surface area contributed by atoms with Crippen LogP contribution in [0.2, 0.25) is 5.02 Å². The van der Waals surface area contributed by atoms with Gasteiger partial charge in [0.2, 0.25) is 10.0 Å². The van der Waals surface area contributed by atoms with Gasteiger partial charge in [0.15, 0.2) is 0 Å². The van der Waals surface area contributed by atoms with Crippen LogP contribution < -0.4 is 10.0 Å². The Labute approximate surface area is 135 Å². The SMILES string of the molecule is Cc1c(Cl)cccc1NC(=O)N1CCC(NS(C)(=O)=O)CC1. The largest absolute Gasteiger partial charge is 0.324 e. The molecule has 0 spiro atoms. The standard InChI is InChI=1S/C14H20ClN3O3S/c1-10-12(15)4-3-5-13(10)16-14(19)18-8-6-11(7-9-18)17-22(2,20)21/h3-5,11,17H,6-9H2,1-2H3,(H,16,19). The quantitative estimate of drug-likeness (QED) is 0.881. The molecule has 0 unspecified atom stereocenters. The highest BCUT2D eigenvalue weighted by atomic mass is 35.5. The van der Waals surface area contributed by atoms with Crippen molar-refractivity contribution < 1.29 is 13.2 Å². The van der Waals surface area contributed by atoms with E-state index in [1.54, 1.807) is 23.1 Å². The molecule has 1 heterocycles. The molecule has 0 radical (unpaired) electrons. The fourth-order valence-corrected chi connectivity index (χ4v) is 3.46. The second kappa shape index (κ2) is 6.85. The van der Waals surface area contributed by atoms with E-state index < -0.39 is 10.0 Å². The molecule has 2 N–H and O–H groups in total. The average Bonchev–Trinajstić information content (AvgIpc) is 2.43. The zero-order valence-electron chi connectivity index (χ0n) is 12.6. The highest BCUT2D eigenvalue weighted by Crippen LogP contribution is 2.23. The molecule has 2 amide bonds. The summed E-state index contributed by atoms with van der Waals surface area (Å²) in [7, 11) is -3.20. The number of carbonyl (C=O) groups excluding carboxylic acids is 1. The maximum Gasteiger partial charge on any atom is 0.321 e. The number of nitrogens with one attached hydrogen (secondary N) is 2. The van der Waals surface area contributed by atoms with Crippen molar-refractivity contribution in [1.29, 1.82) is 0 Å². The Kier molecular flexibility index (Phi) is 5.31. The van der Waals surface area contributed by atoms with Crippen molar-refractivity contribution in [3.8, 4) is 0 Å². The Balaban J connectivity index is 1.91. The fourth-order valence-electron chi connectivity index (χ4n) is 2.44. The number of rotatable bonds is 3. The number of amides is 2. The van der Waals surface area contributed by atoms with Gasteiger partial charge in [-0.05, 0) is 37.5 Å². The number of piperidine rings is 1. The molecule has 122 valence electrons. The molecule has 22 heavy (non-hydrogen) atoms. The third-order valence-corrected chi connectivity index (χ3v) is 4.84. The minimum atomic E-state index is -3.20. The van der Waals surface area contributed by atoms with Gasteiger partial charge in [0, 0.05) is 29.8 Å². The lowest BCUT2D eigenvalue weighted by molar-refractivity contribution is 0.193. The predicted molar refractivity (Wildman–Crippen MR) is 87.8 cm³/mol. The van der Waals surface area contributed by atoms with E-state index in [9.17, 15) is 13.2 Å². The van der Waals surface area contributed by atoms with Gasteiger partial charge in [-0.15, -0.1) is 0 Å². The molecule has 0 aliphatic carbocycles. The smallest absolute Gasteiger partial charge is 0.321 e. The molecule has 1 saturated heterocycles. The summed E-state index contributed by atoms with van der Waals surface area (Å²) in [6, 6.07) is 5.06. The second-order valence-electron chi connectivity index (χ2n) is 5.49. The summed E-state index contributed by atoms with van der Waals surface area (Å²) in [5.74, 6) is 0. The van der Waals surface area contributed by atoms with E-state index in [0.29, 0.717) is 36.6 Å². The van der Waals surface area contributed by atoms with Gasteiger partial charge in [-0.1, -0.05) is 17.7 Å². The summed E-state index contributed by atoms with van der Waals surface area (Å²) in [6.07, 6.45) is 2.36. The first-order valence-electron chi connectivity index (χ1n) is 7.04. The van der Waals surface area contributed by atoms with E-state index in [4.69, 9.17) is 11.6 Å². The van der Waals surface area contributed by atoms with E-state index in [-0.39, 0.29) is 12.1 Å². The zero-order valence-corrected chi connectivity index (χ0v) is 14.2. The lowest BCUT2D eigenvalue weighted by atomic mass is 10.1. The molecule has 0 aromatic heterocycles. The van der Waals surface area contributed by atoms with Crippen LogP contribution in [0.4, 0.5) is 10.5 Å². The minimum Gasteiger partial charge on any atom is -0.324 e. The minimum absolute atomic E-state index is 0.105. The third-order valence-electron chi connectivity index (χ3n) is 3.67. The van der Waals surface area contributed by atoms with Gasteiger partial charge in [0.05, 0.1) is 6.26 Å². The molecule has 1 aromatic carbocycles. The third kappa shape index (κ3) is 4.59. The molecule has 1 fully saturated rings. The number of nitrogens with zero attached hydrogens (tertiary/aromatic N) is 1. The molecular weight excluding hydrogens is 326 g/mol. The van der Waals surface area contributed by atoms with Crippen molar-refractivity contribution in [3.05, 3.63) is 28.8 Å². The molecular formula is C14H20ClN3O3S. The lowest BCUT2D eigenvalue weighted by Gasteiger charge is -2.32. The number of sulfonamides is 1. The van der Waals surface area contributed by atoms with E-state index in [0.717, 1.165) is 11.8 Å². The van der Waals surface area contributed by atoms with Crippen LogP contribution in [0.15, 0.2) is 18.2 Å². The van der Waals surface area contributed by atoms with Crippen LogP contribution in [-0.2, 0) is 10.0 Å². The summed E-state index contributed by atoms with van der Waals surface area (Å²) in [4.78, 5) is 13.9. The van der Waals surface area contributed by atoms with E-state index in [1.165, 1.54) is 0 Å². The first-order valence-corrected chi connectivity index (χ1v) is 9.31. The first-order chi connectivity index (χ1) is 10.3. The number of benzene rings is 1. The molecule has 0 saturated carbocycles. The summed E-state index contributed by atoms with van der Waals surface area (Å²) in [6.45, 7) is 2.87. The summed E-state index contributed by atoms with van der Waals surface area (Å²) in [5, 5.41) is 3.45. The Bertz CT molecular complexity index is 655. The van der Waals surface area contributed by atoms with Crippen molar-refractivity contribution in [3.63, 3.8) is 0 Å². The number of hydrogen-bond acceptors (Lipinski definition) is 3. The Morgan fingerprint density at radius 3 is 2.55 bits per heavy atom. The normalized spacial score (nSPS) is 16.6. The van der Waals surface area contributed by atoms with Gasteiger partial charge in [0.25, 0.3) is 0 Å². The van der Waals surface area contributed by atoms with Crippen molar-refractivity contribution in [2.24, 2.45) is 0 Å². The molecule has 0 atom stereocenters. The van der Waals surface area contributed by atoms with Crippen molar-refractivity contribution in [2.45, 2.75) is 25.8 Å². The highest BCUT2D eigenvalue weighted by molar-refractivity contribution is 7.88. The molecule has 2 rings (SSSR count). The predicted octanol–water partition coefficient (Wildman–Crippen LogP) is 2.19. The van der Waals surface area contributed by atoms with Gasteiger partial charge < -0.3 is 10.2 Å². The van der Waals surface area contributed by atoms with Crippen molar-refractivity contribution in [1.82, 2.24) is 9.62 Å². The van der Waals surface area contributed by atoms with Gasteiger partial charge in [-0.3, -0.25) is 0 Å². The fraction of sp³-hybridized carbons (Fsp3) is 0.500. The number of hydrogen-bond donors (Lipinski definition) is 2. The van der Waals surface area contributed by atoms with Gasteiger partial charge >= 0.3 is 6.03 Å². The summed E-state index contributed by atoms with van der Waals surface area (Å²) >= 11 is 6.03. The van der Waals surface area contributed by atoms with Gasteiger partial charge in [0.1, 0.15) is 0 Å². The number of halogens is 1. The maximum absolute atomic E-state index is 12.3. The first kappa shape index (κ1) is 17.1.